The van der Waals surface area contributed by atoms with Crippen LogP contribution >= 0.6 is 22.7 Å². The van der Waals surface area contributed by atoms with E-state index in [2.05, 4.69) is 4.98 Å². The quantitative estimate of drug-likeness (QED) is 0.893. The number of thiophene rings is 1. The van der Waals surface area contributed by atoms with Crippen LogP contribution in [0.3, 0.4) is 0 Å². The Morgan fingerprint density at radius 1 is 1.53 bits per heavy atom. The SMILES string of the molecule is O=C(O)c1cc(OCc2cscn2)cs1. The zero-order chi connectivity index (χ0) is 10.7. The van der Waals surface area contributed by atoms with Gasteiger partial charge in [0.1, 0.15) is 17.2 Å². The predicted molar refractivity (Wildman–Crippen MR) is 57.7 cm³/mol. The van der Waals surface area contributed by atoms with Crippen LogP contribution in [0.4, 0.5) is 0 Å². The summed E-state index contributed by atoms with van der Waals surface area (Å²) in [4.78, 5) is 14.9. The molecule has 0 unspecified atom stereocenters. The van der Waals surface area contributed by atoms with Crippen molar-refractivity contribution in [2.24, 2.45) is 0 Å². The van der Waals surface area contributed by atoms with Crippen LogP contribution < -0.4 is 4.74 Å². The molecular weight excluding hydrogens is 234 g/mol. The van der Waals surface area contributed by atoms with E-state index in [9.17, 15) is 4.79 Å². The maximum atomic E-state index is 10.6. The van der Waals surface area contributed by atoms with Crippen LogP contribution in [0.1, 0.15) is 15.4 Å². The van der Waals surface area contributed by atoms with Gasteiger partial charge in [-0.15, -0.1) is 22.7 Å². The van der Waals surface area contributed by atoms with Gasteiger partial charge in [0.25, 0.3) is 0 Å². The molecule has 0 radical (unpaired) electrons. The fourth-order valence-electron chi connectivity index (χ4n) is 0.973. The van der Waals surface area contributed by atoms with Gasteiger partial charge in [0.05, 0.1) is 11.2 Å². The summed E-state index contributed by atoms with van der Waals surface area (Å²) in [5.41, 5.74) is 2.58. The average molecular weight is 241 g/mol. The third-order valence-electron chi connectivity index (χ3n) is 1.66. The van der Waals surface area contributed by atoms with Crippen molar-refractivity contribution in [3.8, 4) is 5.75 Å². The second kappa shape index (κ2) is 4.41. The molecule has 0 bridgehead atoms. The van der Waals surface area contributed by atoms with Crippen molar-refractivity contribution in [3.63, 3.8) is 0 Å². The molecule has 0 aliphatic rings. The highest BCUT2D eigenvalue weighted by molar-refractivity contribution is 7.12. The summed E-state index contributed by atoms with van der Waals surface area (Å²) in [6.07, 6.45) is 0. The standard InChI is InChI=1S/C9H7NO3S2/c11-9(12)8-1-7(4-15-8)13-2-6-3-14-5-10-6/h1,3-5H,2H2,(H,11,12). The average Bonchev–Trinajstić information content (AvgIpc) is 2.86. The smallest absolute Gasteiger partial charge is 0.346 e. The molecule has 1 N–H and O–H groups in total. The van der Waals surface area contributed by atoms with Crippen molar-refractivity contribution in [1.82, 2.24) is 4.98 Å². The van der Waals surface area contributed by atoms with Gasteiger partial charge in [-0.2, -0.15) is 0 Å². The van der Waals surface area contributed by atoms with Gasteiger partial charge in [-0.3, -0.25) is 0 Å². The Labute approximate surface area is 93.8 Å². The van der Waals surface area contributed by atoms with Crippen LogP contribution in [-0.2, 0) is 6.61 Å². The highest BCUT2D eigenvalue weighted by Crippen LogP contribution is 2.22. The zero-order valence-corrected chi connectivity index (χ0v) is 9.18. The lowest BCUT2D eigenvalue weighted by atomic mass is 10.4. The molecule has 0 saturated carbocycles. The minimum atomic E-state index is -0.927. The molecule has 0 atom stereocenters. The maximum absolute atomic E-state index is 10.6. The Bertz CT molecular complexity index is 450. The van der Waals surface area contributed by atoms with Crippen LogP contribution in [0, 0.1) is 0 Å². The number of aromatic nitrogens is 1. The minimum Gasteiger partial charge on any atom is -0.486 e. The van der Waals surface area contributed by atoms with Gasteiger partial charge >= 0.3 is 5.97 Å². The fraction of sp³-hybridized carbons (Fsp3) is 0.111. The normalized spacial score (nSPS) is 10.1. The van der Waals surface area contributed by atoms with Crippen LogP contribution in [0.5, 0.6) is 5.75 Å². The topological polar surface area (TPSA) is 59.4 Å². The van der Waals surface area contributed by atoms with Gasteiger partial charge in [0.2, 0.25) is 0 Å². The molecule has 2 aromatic rings. The highest BCUT2D eigenvalue weighted by atomic mass is 32.1. The third kappa shape index (κ3) is 2.54. The lowest BCUT2D eigenvalue weighted by molar-refractivity contribution is 0.0702. The summed E-state index contributed by atoms with van der Waals surface area (Å²) in [7, 11) is 0. The number of carboxylic acid groups (broad SMARTS) is 1. The second-order valence-electron chi connectivity index (χ2n) is 2.72. The molecule has 2 heterocycles. The molecule has 0 fully saturated rings. The molecular formula is C9H7NO3S2. The monoisotopic (exact) mass is 241 g/mol. The number of ether oxygens (including phenoxy) is 1. The number of hydrogen-bond donors (Lipinski definition) is 1. The van der Waals surface area contributed by atoms with Gasteiger partial charge in [-0.25, -0.2) is 9.78 Å². The van der Waals surface area contributed by atoms with Crippen LogP contribution in [0.2, 0.25) is 0 Å². The Balaban J connectivity index is 1.96. The number of aromatic carboxylic acids is 1. The van der Waals surface area contributed by atoms with E-state index in [-0.39, 0.29) is 4.88 Å². The molecule has 0 aliphatic carbocycles. The van der Waals surface area contributed by atoms with Crippen molar-refractivity contribution >= 4 is 28.6 Å². The molecule has 78 valence electrons. The predicted octanol–water partition coefficient (Wildman–Crippen LogP) is 2.48. The van der Waals surface area contributed by atoms with E-state index in [1.807, 2.05) is 5.38 Å². The lowest BCUT2D eigenvalue weighted by Gasteiger charge is -1.99. The molecule has 15 heavy (non-hydrogen) atoms. The van der Waals surface area contributed by atoms with E-state index in [4.69, 9.17) is 9.84 Å². The van der Waals surface area contributed by atoms with Crippen molar-refractivity contribution < 1.29 is 14.6 Å². The molecule has 0 aromatic carbocycles. The third-order valence-corrected chi connectivity index (χ3v) is 3.19. The van der Waals surface area contributed by atoms with Crippen molar-refractivity contribution in [2.45, 2.75) is 6.61 Å². The number of hydrogen-bond acceptors (Lipinski definition) is 5. The Morgan fingerprint density at radius 2 is 2.40 bits per heavy atom. The first-order valence-electron chi connectivity index (χ1n) is 4.07. The number of carboxylic acids is 1. The van der Waals surface area contributed by atoms with Crippen molar-refractivity contribution in [3.05, 3.63) is 32.9 Å². The Morgan fingerprint density at radius 3 is 3.00 bits per heavy atom. The first-order valence-corrected chi connectivity index (χ1v) is 5.89. The van der Waals surface area contributed by atoms with Gasteiger partial charge in [-0.05, 0) is 0 Å². The molecule has 4 nitrogen and oxygen atoms in total. The number of thiazole rings is 1. The molecule has 6 heteroatoms. The summed E-state index contributed by atoms with van der Waals surface area (Å²) in [6, 6.07) is 1.51. The van der Waals surface area contributed by atoms with Gasteiger partial charge in [0, 0.05) is 16.8 Å². The summed E-state index contributed by atoms with van der Waals surface area (Å²) in [6.45, 7) is 0.374. The highest BCUT2D eigenvalue weighted by Gasteiger charge is 2.07. The molecule has 0 saturated heterocycles. The molecule has 2 aromatic heterocycles. The van der Waals surface area contributed by atoms with E-state index >= 15 is 0 Å². The second-order valence-corrected chi connectivity index (χ2v) is 4.35. The van der Waals surface area contributed by atoms with E-state index in [1.54, 1.807) is 10.9 Å². The van der Waals surface area contributed by atoms with Gasteiger partial charge in [0.15, 0.2) is 0 Å². The first kappa shape index (κ1) is 10.1. The number of rotatable bonds is 4. The van der Waals surface area contributed by atoms with Crippen LogP contribution in [-0.4, -0.2) is 16.1 Å². The van der Waals surface area contributed by atoms with E-state index in [1.165, 1.54) is 17.4 Å². The van der Waals surface area contributed by atoms with Crippen LogP contribution in [0.15, 0.2) is 22.3 Å². The number of nitrogens with zero attached hydrogens (tertiary/aromatic N) is 1. The molecule has 0 spiro atoms. The maximum Gasteiger partial charge on any atom is 0.346 e. The minimum absolute atomic E-state index is 0.281. The first-order chi connectivity index (χ1) is 7.25. The zero-order valence-electron chi connectivity index (χ0n) is 7.54. The molecule has 0 aliphatic heterocycles. The summed E-state index contributed by atoms with van der Waals surface area (Å²) < 4.78 is 5.37. The Hall–Kier alpha value is -1.40. The summed E-state index contributed by atoms with van der Waals surface area (Å²) in [5.74, 6) is -0.353. The molecule has 2 rings (SSSR count). The van der Waals surface area contributed by atoms with Crippen LogP contribution in [0.25, 0.3) is 0 Å². The van der Waals surface area contributed by atoms with E-state index in [0.29, 0.717) is 12.4 Å². The van der Waals surface area contributed by atoms with Crippen molar-refractivity contribution in [1.29, 1.82) is 0 Å². The van der Waals surface area contributed by atoms with Gasteiger partial charge < -0.3 is 9.84 Å². The van der Waals surface area contributed by atoms with Crippen molar-refractivity contribution in [2.75, 3.05) is 0 Å². The molecule has 0 amide bonds. The van der Waals surface area contributed by atoms with E-state index in [0.717, 1.165) is 17.0 Å². The lowest BCUT2D eigenvalue weighted by Crippen LogP contribution is -1.94. The van der Waals surface area contributed by atoms with E-state index < -0.39 is 5.97 Å². The summed E-state index contributed by atoms with van der Waals surface area (Å²) in [5, 5.41) is 12.3. The number of carbonyl (C=O) groups is 1. The fourth-order valence-corrected chi connectivity index (χ4v) is 2.18. The summed E-state index contributed by atoms with van der Waals surface area (Å²) >= 11 is 2.65. The Kier molecular flexibility index (Phi) is 2.98. The largest absolute Gasteiger partial charge is 0.486 e. The van der Waals surface area contributed by atoms with Gasteiger partial charge in [-0.1, -0.05) is 0 Å².